The lowest BCUT2D eigenvalue weighted by atomic mass is 10.1. The molecule has 1 aliphatic rings. The van der Waals surface area contributed by atoms with Gasteiger partial charge in [-0.2, -0.15) is 0 Å². The van der Waals surface area contributed by atoms with E-state index in [2.05, 4.69) is 34.4 Å². The number of nitrogens with zero attached hydrogens (tertiary/aromatic N) is 2. The van der Waals surface area contributed by atoms with Crippen molar-refractivity contribution in [3.8, 4) is 0 Å². The van der Waals surface area contributed by atoms with Crippen molar-refractivity contribution in [2.75, 3.05) is 17.2 Å². The Kier molecular flexibility index (Phi) is 7.27. The van der Waals surface area contributed by atoms with Gasteiger partial charge in [0.05, 0.1) is 5.69 Å². The molecule has 1 aliphatic heterocycles. The van der Waals surface area contributed by atoms with Gasteiger partial charge in [0.25, 0.3) is 5.91 Å². The van der Waals surface area contributed by atoms with Crippen LogP contribution in [0.15, 0.2) is 48.5 Å². The molecule has 1 aromatic heterocycles. The first-order valence-corrected chi connectivity index (χ1v) is 11.9. The molecule has 0 atom stereocenters. The number of rotatable bonds is 6. The molecule has 0 unspecified atom stereocenters. The fraction of sp³-hybridized carbons (Fsp3) is 0.292. The second-order valence-corrected chi connectivity index (χ2v) is 9.59. The summed E-state index contributed by atoms with van der Waals surface area (Å²) in [6.45, 7) is 6.31. The number of nitrogens with one attached hydrogen (secondary N) is 2. The Balaban J connectivity index is 1.39. The third kappa shape index (κ3) is 6.10. The fourth-order valence-electron chi connectivity index (χ4n) is 3.55. The number of fused-ring (bicyclic) bond motifs is 1. The smallest absolute Gasteiger partial charge is 0.411 e. The third-order valence-corrected chi connectivity index (χ3v) is 6.55. The van der Waals surface area contributed by atoms with Gasteiger partial charge in [-0.15, -0.1) is 11.3 Å². The van der Waals surface area contributed by atoms with Crippen LogP contribution in [0.5, 0.6) is 0 Å². The molecule has 3 aromatic rings. The van der Waals surface area contributed by atoms with E-state index in [9.17, 15) is 9.59 Å². The van der Waals surface area contributed by atoms with Gasteiger partial charge in [-0.05, 0) is 37.6 Å². The van der Waals surface area contributed by atoms with Crippen molar-refractivity contribution < 1.29 is 14.3 Å². The first-order chi connectivity index (χ1) is 15.9. The topological polar surface area (TPSA) is 83.6 Å². The van der Waals surface area contributed by atoms with Crippen molar-refractivity contribution in [3.63, 3.8) is 0 Å². The van der Waals surface area contributed by atoms with Crippen LogP contribution in [0.3, 0.4) is 0 Å². The van der Waals surface area contributed by atoms with E-state index in [1.807, 2.05) is 30.3 Å². The second kappa shape index (κ2) is 10.3. The molecule has 9 heteroatoms. The molecule has 2 aromatic carbocycles. The normalized spacial score (nSPS) is 13.5. The molecule has 0 saturated heterocycles. The molecule has 0 spiro atoms. The number of benzene rings is 2. The number of carbonyl (C=O) groups excluding carboxylic acids is 2. The molecule has 0 saturated carbocycles. The van der Waals surface area contributed by atoms with Gasteiger partial charge >= 0.3 is 6.09 Å². The number of anilines is 2. The summed E-state index contributed by atoms with van der Waals surface area (Å²) in [6, 6.07) is 14.5. The predicted octanol–water partition coefficient (Wildman–Crippen LogP) is 5.56. The minimum absolute atomic E-state index is 0.142. The van der Waals surface area contributed by atoms with Gasteiger partial charge in [-0.3, -0.25) is 20.3 Å². The van der Waals surface area contributed by atoms with Gasteiger partial charge in [0, 0.05) is 46.7 Å². The van der Waals surface area contributed by atoms with Gasteiger partial charge in [-0.1, -0.05) is 41.9 Å². The molecule has 0 aliphatic carbocycles. The fourth-order valence-corrected chi connectivity index (χ4v) is 4.81. The Hall–Kier alpha value is -2.94. The highest BCUT2D eigenvalue weighted by Gasteiger charge is 2.23. The number of amides is 2. The molecule has 4 rings (SSSR count). The van der Waals surface area contributed by atoms with Gasteiger partial charge in [0.15, 0.2) is 5.13 Å². The van der Waals surface area contributed by atoms with Crippen molar-refractivity contribution in [2.45, 2.75) is 39.5 Å². The van der Waals surface area contributed by atoms with Gasteiger partial charge < -0.3 is 4.74 Å². The Labute approximate surface area is 201 Å². The van der Waals surface area contributed by atoms with Crippen LogP contribution in [-0.2, 0) is 24.3 Å². The average Bonchev–Trinajstić information content (AvgIpc) is 3.19. The van der Waals surface area contributed by atoms with Crippen LogP contribution in [0.1, 0.15) is 40.3 Å². The summed E-state index contributed by atoms with van der Waals surface area (Å²) in [5, 5.41) is 6.37. The number of ether oxygens (including phenoxy) is 1. The van der Waals surface area contributed by atoms with Crippen LogP contribution in [0.2, 0.25) is 5.02 Å². The molecule has 0 fully saturated rings. The lowest BCUT2D eigenvalue weighted by Gasteiger charge is -2.29. The van der Waals surface area contributed by atoms with E-state index >= 15 is 0 Å². The summed E-state index contributed by atoms with van der Waals surface area (Å²) in [6.07, 6.45) is 0.241. The zero-order valence-electron chi connectivity index (χ0n) is 18.4. The van der Waals surface area contributed by atoms with E-state index in [4.69, 9.17) is 16.3 Å². The highest BCUT2D eigenvalue weighted by atomic mass is 35.5. The molecule has 7 nitrogen and oxygen atoms in total. The quantitative estimate of drug-likeness (QED) is 0.478. The SMILES string of the molecule is CC(C)N1CCc2nc(NC(=O)c3cc(Cl)cc(NC(=O)OCc4ccccc4)c3)sc2C1. The molecule has 2 N–H and O–H groups in total. The number of carbonyl (C=O) groups is 2. The summed E-state index contributed by atoms with van der Waals surface area (Å²) in [7, 11) is 0. The van der Waals surface area contributed by atoms with Crippen LogP contribution < -0.4 is 10.6 Å². The van der Waals surface area contributed by atoms with Gasteiger partial charge in [0.1, 0.15) is 6.61 Å². The third-order valence-electron chi connectivity index (χ3n) is 5.33. The van der Waals surface area contributed by atoms with Crippen molar-refractivity contribution >= 4 is 45.8 Å². The highest BCUT2D eigenvalue weighted by Crippen LogP contribution is 2.30. The minimum atomic E-state index is -0.630. The van der Waals surface area contributed by atoms with Gasteiger partial charge in [0.2, 0.25) is 0 Å². The predicted molar refractivity (Wildman–Crippen MR) is 131 cm³/mol. The maximum Gasteiger partial charge on any atom is 0.411 e. The maximum absolute atomic E-state index is 12.8. The standard InChI is InChI=1S/C24H25ClN4O3S/c1-15(2)29-9-8-20-21(13-29)33-23(27-20)28-22(30)17-10-18(25)12-19(11-17)26-24(31)32-14-16-6-4-3-5-7-16/h3-7,10-12,15H,8-9,13-14H2,1-2H3,(H,26,31)(H,27,28,30). The van der Waals surface area contributed by atoms with Crippen molar-refractivity contribution in [1.29, 1.82) is 0 Å². The Morgan fingerprint density at radius 1 is 1.18 bits per heavy atom. The van der Waals surface area contributed by atoms with E-state index in [1.54, 1.807) is 18.2 Å². The van der Waals surface area contributed by atoms with E-state index < -0.39 is 6.09 Å². The summed E-state index contributed by atoms with van der Waals surface area (Å²) < 4.78 is 5.23. The Morgan fingerprint density at radius 3 is 2.73 bits per heavy atom. The van der Waals surface area contributed by atoms with Crippen LogP contribution in [0.25, 0.3) is 0 Å². The van der Waals surface area contributed by atoms with E-state index in [1.165, 1.54) is 16.2 Å². The largest absolute Gasteiger partial charge is 0.444 e. The first-order valence-electron chi connectivity index (χ1n) is 10.7. The Morgan fingerprint density at radius 2 is 1.97 bits per heavy atom. The lowest BCUT2D eigenvalue weighted by Crippen LogP contribution is -2.35. The maximum atomic E-state index is 12.8. The summed E-state index contributed by atoms with van der Waals surface area (Å²) >= 11 is 7.69. The number of hydrogen-bond donors (Lipinski definition) is 2. The second-order valence-electron chi connectivity index (χ2n) is 8.07. The van der Waals surface area contributed by atoms with Crippen molar-refractivity contribution in [3.05, 3.63) is 75.3 Å². The number of thiazole rings is 1. The molecule has 33 heavy (non-hydrogen) atoms. The summed E-state index contributed by atoms with van der Waals surface area (Å²) in [4.78, 5) is 33.2. The number of halogens is 1. The Bertz CT molecular complexity index is 1150. The summed E-state index contributed by atoms with van der Waals surface area (Å²) in [5.74, 6) is -0.343. The van der Waals surface area contributed by atoms with Crippen LogP contribution in [0, 0.1) is 0 Å². The van der Waals surface area contributed by atoms with Crippen molar-refractivity contribution in [1.82, 2.24) is 9.88 Å². The van der Waals surface area contributed by atoms with Crippen LogP contribution in [-0.4, -0.2) is 34.5 Å². The van der Waals surface area contributed by atoms with Crippen molar-refractivity contribution in [2.24, 2.45) is 0 Å². The molecular formula is C24H25ClN4O3S. The van der Waals surface area contributed by atoms with E-state index in [0.717, 1.165) is 30.8 Å². The molecule has 0 bridgehead atoms. The highest BCUT2D eigenvalue weighted by molar-refractivity contribution is 7.15. The monoisotopic (exact) mass is 484 g/mol. The zero-order chi connectivity index (χ0) is 23.4. The van der Waals surface area contributed by atoms with E-state index in [0.29, 0.717) is 27.4 Å². The van der Waals surface area contributed by atoms with E-state index in [-0.39, 0.29) is 12.5 Å². The first kappa shape index (κ1) is 23.2. The average molecular weight is 485 g/mol. The molecule has 0 radical (unpaired) electrons. The molecule has 2 amide bonds. The zero-order valence-corrected chi connectivity index (χ0v) is 20.0. The minimum Gasteiger partial charge on any atom is -0.444 e. The molecular weight excluding hydrogens is 460 g/mol. The number of hydrogen-bond acceptors (Lipinski definition) is 6. The lowest BCUT2D eigenvalue weighted by molar-refractivity contribution is 0.102. The van der Waals surface area contributed by atoms with Crippen LogP contribution >= 0.6 is 22.9 Å². The molecule has 172 valence electrons. The number of aromatic nitrogens is 1. The molecule has 2 heterocycles. The van der Waals surface area contributed by atoms with Crippen LogP contribution in [0.4, 0.5) is 15.6 Å². The summed E-state index contributed by atoms with van der Waals surface area (Å²) in [5.41, 5.74) is 2.61. The van der Waals surface area contributed by atoms with Gasteiger partial charge in [-0.25, -0.2) is 9.78 Å².